The fourth-order valence-electron chi connectivity index (χ4n) is 2.63. The van der Waals surface area contributed by atoms with Crippen LogP contribution in [0.4, 0.5) is 13.2 Å². The summed E-state index contributed by atoms with van der Waals surface area (Å²) in [6, 6.07) is 2.55. The van der Waals surface area contributed by atoms with Gasteiger partial charge in [-0.15, -0.1) is 12.4 Å². The predicted molar refractivity (Wildman–Crippen MR) is 87.8 cm³/mol. The summed E-state index contributed by atoms with van der Waals surface area (Å²) in [5.41, 5.74) is 0.596. The van der Waals surface area contributed by atoms with E-state index >= 15 is 0 Å². The number of rotatable bonds is 4. The number of halogens is 6. The van der Waals surface area contributed by atoms with Gasteiger partial charge in [-0.2, -0.15) is 13.2 Å². The van der Waals surface area contributed by atoms with E-state index in [4.69, 9.17) is 23.2 Å². The number of nitrogens with zero attached hydrogens (tertiary/aromatic N) is 1. The van der Waals surface area contributed by atoms with Crippen LogP contribution in [0.1, 0.15) is 24.4 Å². The lowest BCUT2D eigenvalue weighted by molar-refractivity contribution is -0.138. The van der Waals surface area contributed by atoms with Crippen LogP contribution in [0.3, 0.4) is 0 Å². The number of hydrogen-bond donors (Lipinski definition) is 2. The third kappa shape index (κ3) is 5.87. The Labute approximate surface area is 149 Å². The molecule has 1 aliphatic rings. The number of hydrogen-bond acceptors (Lipinski definition) is 3. The second-order valence-electron chi connectivity index (χ2n) is 5.29. The Hall–Kier alpha value is -0.400. The zero-order valence-electron chi connectivity index (χ0n) is 12.2. The molecule has 0 amide bonds. The van der Waals surface area contributed by atoms with Crippen molar-refractivity contribution in [2.24, 2.45) is 0 Å². The van der Waals surface area contributed by atoms with Gasteiger partial charge in [-0.05, 0) is 24.1 Å². The molecule has 9 heteroatoms. The number of benzene rings is 1. The largest absolute Gasteiger partial charge is 0.505 e. The monoisotopic (exact) mass is 392 g/mol. The number of phenols is 1. The van der Waals surface area contributed by atoms with Crippen molar-refractivity contribution in [1.29, 1.82) is 0 Å². The van der Waals surface area contributed by atoms with Crippen molar-refractivity contribution in [3.8, 4) is 5.75 Å². The topological polar surface area (TPSA) is 35.5 Å². The van der Waals surface area contributed by atoms with E-state index in [2.05, 4.69) is 5.32 Å². The molecule has 2 rings (SSSR count). The van der Waals surface area contributed by atoms with Gasteiger partial charge in [0, 0.05) is 38.6 Å². The van der Waals surface area contributed by atoms with Crippen LogP contribution in [0.2, 0.25) is 10.0 Å². The van der Waals surface area contributed by atoms with Gasteiger partial charge in [-0.25, -0.2) is 0 Å². The Morgan fingerprint density at radius 3 is 2.17 bits per heavy atom. The average Bonchev–Trinajstić information content (AvgIpc) is 2.45. The maximum atomic E-state index is 12.6. The Balaban J connectivity index is 0.00000264. The van der Waals surface area contributed by atoms with Crippen LogP contribution >= 0.6 is 35.6 Å². The minimum absolute atomic E-state index is 0. The molecule has 1 aromatic carbocycles. The third-order valence-electron chi connectivity index (χ3n) is 3.72. The molecule has 1 aromatic rings. The molecule has 0 radical (unpaired) electrons. The first-order chi connectivity index (χ1) is 10.3. The Morgan fingerprint density at radius 1 is 1.17 bits per heavy atom. The van der Waals surface area contributed by atoms with Crippen molar-refractivity contribution in [3.05, 3.63) is 27.7 Å². The van der Waals surface area contributed by atoms with Crippen molar-refractivity contribution >= 4 is 35.6 Å². The molecule has 0 aliphatic carbocycles. The van der Waals surface area contributed by atoms with Gasteiger partial charge in [0.05, 0.1) is 10.0 Å². The van der Waals surface area contributed by atoms with Gasteiger partial charge in [-0.3, -0.25) is 4.90 Å². The first kappa shape index (κ1) is 20.6. The number of piperazine rings is 1. The van der Waals surface area contributed by atoms with Crippen molar-refractivity contribution in [2.75, 3.05) is 26.2 Å². The highest BCUT2D eigenvalue weighted by Gasteiger charge is 2.31. The maximum absolute atomic E-state index is 12.6. The fraction of sp³-hybridized carbons (Fsp3) is 0.571. The Bertz CT molecular complexity index is 499. The molecule has 0 aromatic heterocycles. The van der Waals surface area contributed by atoms with Gasteiger partial charge < -0.3 is 10.4 Å². The maximum Gasteiger partial charge on any atom is 0.389 e. The molecular weight excluding hydrogens is 376 g/mol. The van der Waals surface area contributed by atoms with E-state index in [0.717, 1.165) is 13.1 Å². The highest BCUT2D eigenvalue weighted by molar-refractivity contribution is 6.37. The number of aromatic hydroxyl groups is 1. The van der Waals surface area contributed by atoms with Gasteiger partial charge in [0.15, 0.2) is 5.75 Å². The van der Waals surface area contributed by atoms with E-state index < -0.39 is 18.6 Å². The molecule has 23 heavy (non-hydrogen) atoms. The molecule has 1 atom stereocenters. The molecule has 2 N–H and O–H groups in total. The minimum atomic E-state index is -4.21. The standard InChI is InChI=1S/C14H17Cl2F3N2O.ClH/c15-10-7-9(8-11(16)13(10)22)12(1-2-14(17,18)19)21-5-3-20-4-6-21;/h7-8,12,20,22H,1-6H2;1H/t12-;/m0./s1. The van der Waals surface area contributed by atoms with Crippen LogP contribution < -0.4 is 5.32 Å². The lowest BCUT2D eigenvalue weighted by Crippen LogP contribution is -2.45. The minimum Gasteiger partial charge on any atom is -0.505 e. The summed E-state index contributed by atoms with van der Waals surface area (Å²) in [6.07, 6.45) is -5.16. The van der Waals surface area contributed by atoms with Crippen molar-refractivity contribution in [1.82, 2.24) is 10.2 Å². The zero-order chi connectivity index (χ0) is 16.3. The zero-order valence-corrected chi connectivity index (χ0v) is 14.5. The number of nitrogens with one attached hydrogen (secondary N) is 1. The first-order valence-electron chi connectivity index (χ1n) is 6.97. The van der Waals surface area contributed by atoms with Gasteiger partial charge in [0.25, 0.3) is 0 Å². The smallest absolute Gasteiger partial charge is 0.389 e. The van der Waals surface area contributed by atoms with Gasteiger partial charge in [-0.1, -0.05) is 23.2 Å². The normalized spacial score (nSPS) is 17.6. The van der Waals surface area contributed by atoms with Crippen molar-refractivity contribution < 1.29 is 18.3 Å². The van der Waals surface area contributed by atoms with E-state index in [1.54, 1.807) is 0 Å². The van der Waals surface area contributed by atoms with Crippen LogP contribution in [-0.2, 0) is 0 Å². The van der Waals surface area contributed by atoms with E-state index in [-0.39, 0.29) is 34.6 Å². The molecule has 0 spiro atoms. The molecule has 1 heterocycles. The van der Waals surface area contributed by atoms with Crippen LogP contribution in [0.5, 0.6) is 5.75 Å². The summed E-state index contributed by atoms with van der Waals surface area (Å²) in [6.45, 7) is 2.75. The summed E-state index contributed by atoms with van der Waals surface area (Å²) in [4.78, 5) is 1.99. The molecule has 132 valence electrons. The molecule has 0 unspecified atom stereocenters. The lowest BCUT2D eigenvalue weighted by atomic mass is 9.99. The van der Waals surface area contributed by atoms with Gasteiger partial charge >= 0.3 is 6.18 Å². The van der Waals surface area contributed by atoms with Crippen LogP contribution in [0, 0.1) is 0 Å². The van der Waals surface area contributed by atoms with Crippen molar-refractivity contribution in [3.63, 3.8) is 0 Å². The molecule has 1 aliphatic heterocycles. The van der Waals surface area contributed by atoms with Crippen molar-refractivity contribution in [2.45, 2.75) is 25.1 Å². The molecule has 3 nitrogen and oxygen atoms in total. The Kier molecular flexibility index (Phi) is 7.74. The average molecular weight is 394 g/mol. The number of alkyl halides is 3. The summed E-state index contributed by atoms with van der Waals surface area (Å²) in [7, 11) is 0. The third-order valence-corrected chi connectivity index (χ3v) is 4.29. The number of phenolic OH excluding ortho intramolecular Hbond substituents is 1. The first-order valence-corrected chi connectivity index (χ1v) is 7.73. The van der Waals surface area contributed by atoms with E-state index in [1.165, 1.54) is 12.1 Å². The summed E-state index contributed by atoms with van der Waals surface area (Å²) in [5, 5.41) is 12.9. The van der Waals surface area contributed by atoms with E-state index in [0.29, 0.717) is 18.7 Å². The molecular formula is C14H18Cl3F3N2O. The molecule has 0 bridgehead atoms. The van der Waals surface area contributed by atoms with Crippen LogP contribution in [-0.4, -0.2) is 42.4 Å². The highest BCUT2D eigenvalue weighted by Crippen LogP contribution is 2.38. The van der Waals surface area contributed by atoms with E-state index in [9.17, 15) is 18.3 Å². The molecule has 0 saturated carbocycles. The second kappa shape index (κ2) is 8.62. The van der Waals surface area contributed by atoms with Crippen LogP contribution in [0.15, 0.2) is 12.1 Å². The fourth-order valence-corrected chi connectivity index (χ4v) is 3.14. The summed E-state index contributed by atoms with van der Waals surface area (Å²) in [5.74, 6) is -0.248. The highest BCUT2D eigenvalue weighted by atomic mass is 35.5. The van der Waals surface area contributed by atoms with Gasteiger partial charge in [0.2, 0.25) is 0 Å². The Morgan fingerprint density at radius 2 is 1.70 bits per heavy atom. The molecule has 1 fully saturated rings. The van der Waals surface area contributed by atoms with E-state index in [1.807, 2.05) is 4.90 Å². The van der Waals surface area contributed by atoms with Gasteiger partial charge in [0.1, 0.15) is 0 Å². The summed E-state index contributed by atoms with van der Waals surface area (Å²) >= 11 is 11.8. The lowest BCUT2D eigenvalue weighted by Gasteiger charge is -2.35. The second-order valence-corrected chi connectivity index (χ2v) is 6.10. The summed E-state index contributed by atoms with van der Waals surface area (Å²) < 4.78 is 37.8. The molecule has 1 saturated heterocycles. The SMILES string of the molecule is Cl.Oc1c(Cl)cc([C@H](CCC(F)(F)F)N2CCNCC2)cc1Cl. The quantitative estimate of drug-likeness (QED) is 0.795. The van der Waals surface area contributed by atoms with Crippen LogP contribution in [0.25, 0.3) is 0 Å². The predicted octanol–water partition coefficient (Wildman–Crippen LogP) is 4.41.